The van der Waals surface area contributed by atoms with Crippen molar-refractivity contribution in [2.45, 2.75) is 33.2 Å². The summed E-state index contributed by atoms with van der Waals surface area (Å²) in [5.41, 5.74) is 4.33. The fraction of sp³-hybridized carbons (Fsp3) is 0.385. The molecule has 7 heteroatoms. The Morgan fingerprint density at radius 1 is 1.25 bits per heavy atom. The van der Waals surface area contributed by atoms with Crippen molar-refractivity contribution in [1.82, 2.24) is 20.2 Å². The van der Waals surface area contributed by atoms with E-state index in [1.807, 2.05) is 32.9 Å². The van der Waals surface area contributed by atoms with Gasteiger partial charge in [-0.15, -0.1) is 0 Å². The van der Waals surface area contributed by atoms with E-state index in [2.05, 4.69) is 30.9 Å². The predicted octanol–water partition coefficient (Wildman–Crippen LogP) is 1.60. The number of rotatable bonds is 5. The van der Waals surface area contributed by atoms with Gasteiger partial charge in [-0.1, -0.05) is 13.8 Å². The van der Waals surface area contributed by atoms with Crippen molar-refractivity contribution in [3.8, 4) is 0 Å². The number of anilines is 2. The molecule has 0 fully saturated rings. The molecule has 0 atom stereocenters. The van der Waals surface area contributed by atoms with Gasteiger partial charge in [0.15, 0.2) is 0 Å². The van der Waals surface area contributed by atoms with E-state index in [1.54, 1.807) is 6.20 Å². The van der Waals surface area contributed by atoms with E-state index < -0.39 is 0 Å². The van der Waals surface area contributed by atoms with E-state index in [4.69, 9.17) is 5.84 Å². The topological polar surface area (TPSA) is 102 Å². The van der Waals surface area contributed by atoms with Crippen LogP contribution >= 0.6 is 0 Å². The lowest BCUT2D eigenvalue weighted by molar-refractivity contribution is 0.771. The third-order valence-corrected chi connectivity index (χ3v) is 2.88. The van der Waals surface area contributed by atoms with Crippen LogP contribution in [0.15, 0.2) is 18.3 Å². The highest BCUT2D eigenvalue weighted by molar-refractivity contribution is 5.56. The molecule has 0 aliphatic rings. The Balaban J connectivity index is 2.24. The second-order valence-electron chi connectivity index (χ2n) is 4.77. The molecular weight excluding hydrogens is 254 g/mol. The number of hydrazine groups is 1. The standard InChI is InChI=1S/C13H19N7/c1-8(2)11-17-12(9(3)13(18-11)19-14)15-7-10-5-4-6-16-20-10/h4-6,8H,7,14H2,1-3H3,(H2,15,17,18,19). The van der Waals surface area contributed by atoms with E-state index in [1.165, 1.54) is 0 Å². The first-order valence-electron chi connectivity index (χ1n) is 6.47. The summed E-state index contributed by atoms with van der Waals surface area (Å²) in [6.07, 6.45) is 1.65. The second-order valence-corrected chi connectivity index (χ2v) is 4.77. The van der Waals surface area contributed by atoms with Crippen LogP contribution in [0, 0.1) is 6.92 Å². The van der Waals surface area contributed by atoms with E-state index in [9.17, 15) is 0 Å². The van der Waals surface area contributed by atoms with Crippen molar-refractivity contribution in [3.05, 3.63) is 35.4 Å². The van der Waals surface area contributed by atoms with Crippen LogP contribution in [0.5, 0.6) is 0 Å². The van der Waals surface area contributed by atoms with Gasteiger partial charge in [-0.2, -0.15) is 10.2 Å². The molecule has 0 saturated heterocycles. The fourth-order valence-electron chi connectivity index (χ4n) is 1.71. The summed E-state index contributed by atoms with van der Waals surface area (Å²) in [4.78, 5) is 8.92. The van der Waals surface area contributed by atoms with Gasteiger partial charge in [0.1, 0.15) is 17.5 Å². The van der Waals surface area contributed by atoms with Crippen LogP contribution in [-0.2, 0) is 6.54 Å². The van der Waals surface area contributed by atoms with Crippen LogP contribution in [0.2, 0.25) is 0 Å². The lowest BCUT2D eigenvalue weighted by atomic mass is 10.2. The molecule has 0 amide bonds. The summed E-state index contributed by atoms with van der Waals surface area (Å²) in [5.74, 6) is 7.85. The maximum atomic E-state index is 5.51. The smallest absolute Gasteiger partial charge is 0.148 e. The summed E-state index contributed by atoms with van der Waals surface area (Å²) < 4.78 is 0. The number of nitrogens with two attached hydrogens (primary N) is 1. The van der Waals surface area contributed by atoms with Crippen molar-refractivity contribution in [1.29, 1.82) is 0 Å². The van der Waals surface area contributed by atoms with Gasteiger partial charge in [-0.3, -0.25) is 0 Å². The van der Waals surface area contributed by atoms with Gasteiger partial charge in [0.05, 0.1) is 12.2 Å². The molecular formula is C13H19N7. The number of nitrogens with zero attached hydrogens (tertiary/aromatic N) is 4. The molecule has 2 aromatic heterocycles. The van der Waals surface area contributed by atoms with Crippen molar-refractivity contribution < 1.29 is 0 Å². The summed E-state index contributed by atoms with van der Waals surface area (Å²) in [6.45, 7) is 6.54. The normalized spacial score (nSPS) is 10.7. The molecule has 20 heavy (non-hydrogen) atoms. The quantitative estimate of drug-likeness (QED) is 0.561. The highest BCUT2D eigenvalue weighted by Gasteiger charge is 2.12. The van der Waals surface area contributed by atoms with Crippen molar-refractivity contribution in [3.63, 3.8) is 0 Å². The molecule has 0 spiro atoms. The van der Waals surface area contributed by atoms with Crippen LogP contribution in [0.25, 0.3) is 0 Å². The Labute approximate surface area is 118 Å². The summed E-state index contributed by atoms with van der Waals surface area (Å²) in [6, 6.07) is 3.76. The first-order chi connectivity index (χ1) is 9.61. The molecule has 106 valence electrons. The Hall–Kier alpha value is -2.28. The van der Waals surface area contributed by atoms with Gasteiger partial charge in [0.25, 0.3) is 0 Å². The summed E-state index contributed by atoms with van der Waals surface area (Å²) in [7, 11) is 0. The number of nitrogens with one attached hydrogen (secondary N) is 2. The third kappa shape index (κ3) is 3.18. The van der Waals surface area contributed by atoms with Gasteiger partial charge in [-0.05, 0) is 19.1 Å². The molecule has 0 aliphatic carbocycles. The molecule has 4 N–H and O–H groups in total. The minimum atomic E-state index is 0.222. The number of hydrogen-bond acceptors (Lipinski definition) is 7. The predicted molar refractivity (Wildman–Crippen MR) is 78.0 cm³/mol. The lowest BCUT2D eigenvalue weighted by Crippen LogP contribution is -2.15. The van der Waals surface area contributed by atoms with Crippen LogP contribution in [0.3, 0.4) is 0 Å². The Bertz CT molecular complexity index is 568. The first kappa shape index (κ1) is 14.1. The zero-order chi connectivity index (χ0) is 14.5. The molecule has 0 aromatic carbocycles. The molecule has 2 aromatic rings. The van der Waals surface area contributed by atoms with Crippen LogP contribution in [0.4, 0.5) is 11.6 Å². The molecule has 0 saturated carbocycles. The minimum absolute atomic E-state index is 0.222. The summed E-state index contributed by atoms with van der Waals surface area (Å²) in [5, 5.41) is 11.1. The van der Waals surface area contributed by atoms with Crippen molar-refractivity contribution >= 4 is 11.6 Å². The van der Waals surface area contributed by atoms with Crippen LogP contribution < -0.4 is 16.6 Å². The lowest BCUT2D eigenvalue weighted by Gasteiger charge is -2.14. The number of hydrogen-bond donors (Lipinski definition) is 3. The first-order valence-corrected chi connectivity index (χ1v) is 6.47. The van der Waals surface area contributed by atoms with Gasteiger partial charge in [0.2, 0.25) is 0 Å². The van der Waals surface area contributed by atoms with Crippen LogP contribution in [0.1, 0.15) is 36.8 Å². The van der Waals surface area contributed by atoms with Crippen molar-refractivity contribution in [2.24, 2.45) is 5.84 Å². The Morgan fingerprint density at radius 2 is 2.00 bits per heavy atom. The van der Waals surface area contributed by atoms with Gasteiger partial charge in [-0.25, -0.2) is 15.8 Å². The van der Waals surface area contributed by atoms with E-state index in [-0.39, 0.29) is 5.92 Å². The fourth-order valence-corrected chi connectivity index (χ4v) is 1.71. The zero-order valence-electron chi connectivity index (χ0n) is 11.9. The SMILES string of the molecule is Cc1c(NN)nc(C(C)C)nc1NCc1cccnn1. The average molecular weight is 273 g/mol. The minimum Gasteiger partial charge on any atom is -0.364 e. The molecule has 0 unspecified atom stereocenters. The Morgan fingerprint density at radius 3 is 2.60 bits per heavy atom. The second kappa shape index (κ2) is 6.25. The van der Waals surface area contributed by atoms with Gasteiger partial charge in [0, 0.05) is 17.7 Å². The number of nitrogen functional groups attached to an aromatic ring is 1. The van der Waals surface area contributed by atoms with E-state index in [0.717, 1.165) is 22.9 Å². The highest BCUT2D eigenvalue weighted by atomic mass is 15.3. The molecule has 7 nitrogen and oxygen atoms in total. The Kier molecular flexibility index (Phi) is 4.41. The zero-order valence-corrected chi connectivity index (χ0v) is 11.9. The molecule has 2 heterocycles. The molecule has 0 bridgehead atoms. The van der Waals surface area contributed by atoms with E-state index in [0.29, 0.717) is 12.4 Å². The highest BCUT2D eigenvalue weighted by Crippen LogP contribution is 2.22. The van der Waals surface area contributed by atoms with E-state index >= 15 is 0 Å². The average Bonchev–Trinajstić information content (AvgIpc) is 2.47. The monoisotopic (exact) mass is 273 g/mol. The maximum absolute atomic E-state index is 5.51. The molecule has 0 aliphatic heterocycles. The van der Waals surface area contributed by atoms with Crippen molar-refractivity contribution in [2.75, 3.05) is 10.7 Å². The number of aromatic nitrogens is 4. The maximum Gasteiger partial charge on any atom is 0.148 e. The van der Waals surface area contributed by atoms with Gasteiger partial charge >= 0.3 is 0 Å². The third-order valence-electron chi connectivity index (χ3n) is 2.88. The van der Waals surface area contributed by atoms with Gasteiger partial charge < -0.3 is 10.7 Å². The molecule has 2 rings (SSSR count). The largest absolute Gasteiger partial charge is 0.364 e. The summed E-state index contributed by atoms with van der Waals surface area (Å²) >= 11 is 0. The molecule has 0 radical (unpaired) electrons. The van der Waals surface area contributed by atoms with Crippen LogP contribution in [-0.4, -0.2) is 20.2 Å².